The van der Waals surface area contributed by atoms with Crippen LogP contribution < -0.4 is 5.73 Å². The Morgan fingerprint density at radius 2 is 1.81 bits per heavy atom. The molecule has 0 fully saturated rings. The van der Waals surface area contributed by atoms with Crippen molar-refractivity contribution in [3.63, 3.8) is 0 Å². The quantitative estimate of drug-likeness (QED) is 0.776. The Bertz CT molecular complexity index is 986. The number of hydrogen-bond acceptors (Lipinski definition) is 3. The number of halogens is 1. The van der Waals surface area contributed by atoms with Crippen LogP contribution in [0.5, 0.6) is 0 Å². The molecule has 0 spiro atoms. The summed E-state index contributed by atoms with van der Waals surface area (Å²) in [6.45, 7) is 7.79. The molecule has 2 N–H and O–H groups in total. The first-order valence-corrected chi connectivity index (χ1v) is 8.30. The maximum Gasteiger partial charge on any atom is 0.248 e. The lowest BCUT2D eigenvalue weighted by molar-refractivity contribution is 0.1000. The fourth-order valence-corrected chi connectivity index (χ4v) is 2.79. The summed E-state index contributed by atoms with van der Waals surface area (Å²) in [7, 11) is 0. The zero-order chi connectivity index (χ0) is 19.1. The molecular formula is C20H21FN4O. The highest BCUT2D eigenvalue weighted by Gasteiger charge is 2.20. The van der Waals surface area contributed by atoms with Gasteiger partial charge < -0.3 is 5.73 Å². The number of amides is 1. The summed E-state index contributed by atoms with van der Waals surface area (Å²) in [5, 5.41) is 4.38. The van der Waals surface area contributed by atoms with Crippen molar-refractivity contribution < 1.29 is 9.18 Å². The van der Waals surface area contributed by atoms with Gasteiger partial charge in [-0.05, 0) is 69.7 Å². The number of nitrogens with two attached hydrogens (primary N) is 1. The molecule has 134 valence electrons. The van der Waals surface area contributed by atoms with E-state index in [-0.39, 0.29) is 11.4 Å². The van der Waals surface area contributed by atoms with Crippen LogP contribution in [0.4, 0.5) is 4.39 Å². The number of nitrogens with zero attached hydrogens (tertiary/aromatic N) is 3. The summed E-state index contributed by atoms with van der Waals surface area (Å²) in [6, 6.07) is 9.85. The summed E-state index contributed by atoms with van der Waals surface area (Å²) in [6.07, 6.45) is 1.70. The van der Waals surface area contributed by atoms with E-state index >= 15 is 0 Å². The van der Waals surface area contributed by atoms with Gasteiger partial charge in [-0.2, -0.15) is 5.10 Å². The highest BCUT2D eigenvalue weighted by atomic mass is 19.1. The molecule has 3 rings (SSSR count). The summed E-state index contributed by atoms with van der Waals surface area (Å²) in [4.78, 5) is 16.5. The van der Waals surface area contributed by atoms with Crippen molar-refractivity contribution in [3.05, 3.63) is 59.5 Å². The molecule has 1 amide bonds. The van der Waals surface area contributed by atoms with Gasteiger partial charge in [0, 0.05) is 17.3 Å². The van der Waals surface area contributed by atoms with Gasteiger partial charge in [-0.3, -0.25) is 9.48 Å². The van der Waals surface area contributed by atoms with Crippen molar-refractivity contribution in [3.8, 4) is 22.6 Å². The highest BCUT2D eigenvalue weighted by Crippen LogP contribution is 2.28. The molecule has 3 aromatic rings. The van der Waals surface area contributed by atoms with E-state index in [9.17, 15) is 9.18 Å². The van der Waals surface area contributed by atoms with Gasteiger partial charge in [0.05, 0.1) is 22.6 Å². The van der Waals surface area contributed by atoms with Gasteiger partial charge in [-0.1, -0.05) is 0 Å². The summed E-state index contributed by atoms with van der Waals surface area (Å²) < 4.78 is 15.4. The SMILES string of the molecule is Cc1cc(-c2cc(C(N)=O)cc(-c3ccnn3C(C)(C)C)n2)ccc1F. The van der Waals surface area contributed by atoms with Crippen LogP contribution in [-0.4, -0.2) is 20.7 Å². The van der Waals surface area contributed by atoms with Gasteiger partial charge in [0.25, 0.3) is 0 Å². The van der Waals surface area contributed by atoms with Crippen LogP contribution in [0.1, 0.15) is 36.7 Å². The highest BCUT2D eigenvalue weighted by molar-refractivity contribution is 5.95. The van der Waals surface area contributed by atoms with E-state index in [0.717, 1.165) is 11.3 Å². The molecule has 0 bridgehead atoms. The molecule has 1 aromatic carbocycles. The van der Waals surface area contributed by atoms with Crippen LogP contribution in [0.25, 0.3) is 22.6 Å². The first-order chi connectivity index (χ1) is 12.2. The van der Waals surface area contributed by atoms with Gasteiger partial charge in [0.1, 0.15) is 5.82 Å². The lowest BCUT2D eigenvalue weighted by Crippen LogP contribution is -2.24. The molecule has 0 aliphatic heterocycles. The maximum atomic E-state index is 13.6. The Hall–Kier alpha value is -3.02. The number of aryl methyl sites for hydroxylation is 1. The molecule has 0 radical (unpaired) electrons. The minimum Gasteiger partial charge on any atom is -0.366 e. The third-order valence-electron chi connectivity index (χ3n) is 4.10. The van der Waals surface area contributed by atoms with Crippen molar-refractivity contribution in [2.45, 2.75) is 33.2 Å². The van der Waals surface area contributed by atoms with Crippen molar-refractivity contribution >= 4 is 5.91 Å². The predicted octanol–water partition coefficient (Wildman–Crippen LogP) is 3.91. The number of pyridine rings is 1. The second-order valence-corrected chi connectivity index (χ2v) is 7.25. The van der Waals surface area contributed by atoms with Crippen LogP contribution in [0, 0.1) is 12.7 Å². The monoisotopic (exact) mass is 352 g/mol. The number of carbonyl (C=O) groups is 1. The topological polar surface area (TPSA) is 73.8 Å². The van der Waals surface area contributed by atoms with Crippen LogP contribution in [0.2, 0.25) is 0 Å². The molecule has 26 heavy (non-hydrogen) atoms. The third-order valence-corrected chi connectivity index (χ3v) is 4.10. The molecule has 0 unspecified atom stereocenters. The van der Waals surface area contributed by atoms with Crippen molar-refractivity contribution in [2.75, 3.05) is 0 Å². The molecule has 5 nitrogen and oxygen atoms in total. The van der Waals surface area contributed by atoms with E-state index in [0.29, 0.717) is 22.5 Å². The van der Waals surface area contributed by atoms with Crippen LogP contribution in [-0.2, 0) is 5.54 Å². The molecule has 0 aliphatic carbocycles. The Balaban J connectivity index is 2.22. The number of aromatic nitrogens is 3. The van der Waals surface area contributed by atoms with Crippen LogP contribution in [0.3, 0.4) is 0 Å². The standard InChI is InChI=1S/C20H21FN4O/c1-12-9-13(5-6-15(12)21)16-10-14(19(22)26)11-17(24-16)18-7-8-23-25(18)20(2,3)4/h5-11H,1-4H3,(H2,22,26). The Kier molecular flexibility index (Phi) is 4.36. The van der Waals surface area contributed by atoms with Crippen LogP contribution >= 0.6 is 0 Å². The molecule has 0 aliphatic rings. The summed E-state index contributed by atoms with van der Waals surface area (Å²) in [5.74, 6) is -0.832. The fraction of sp³-hybridized carbons (Fsp3) is 0.250. The van der Waals surface area contributed by atoms with E-state index in [4.69, 9.17) is 5.73 Å². The summed E-state index contributed by atoms with van der Waals surface area (Å²) >= 11 is 0. The maximum absolute atomic E-state index is 13.6. The lowest BCUT2D eigenvalue weighted by atomic mass is 10.0. The zero-order valence-electron chi connectivity index (χ0n) is 15.2. The molecular weight excluding hydrogens is 331 g/mol. The van der Waals surface area contributed by atoms with Crippen molar-refractivity contribution in [1.29, 1.82) is 0 Å². The molecule has 0 saturated heterocycles. The minimum atomic E-state index is -0.546. The van der Waals surface area contributed by atoms with Gasteiger partial charge in [0.15, 0.2) is 0 Å². The van der Waals surface area contributed by atoms with Crippen molar-refractivity contribution in [1.82, 2.24) is 14.8 Å². The minimum absolute atomic E-state index is 0.254. The predicted molar refractivity (Wildman–Crippen MR) is 99.1 cm³/mol. The second kappa shape index (κ2) is 6.37. The normalized spacial score (nSPS) is 11.6. The first-order valence-electron chi connectivity index (χ1n) is 8.30. The summed E-state index contributed by atoms with van der Waals surface area (Å²) in [5.41, 5.74) is 8.75. The Morgan fingerprint density at radius 3 is 2.42 bits per heavy atom. The Labute approximate surface area is 151 Å². The van der Waals surface area contributed by atoms with Gasteiger partial charge in [0.2, 0.25) is 5.91 Å². The van der Waals surface area contributed by atoms with E-state index in [1.807, 2.05) is 31.5 Å². The van der Waals surface area contributed by atoms with Gasteiger partial charge >= 0.3 is 0 Å². The number of rotatable bonds is 3. The van der Waals surface area contributed by atoms with Crippen LogP contribution in [0.15, 0.2) is 42.6 Å². The van der Waals surface area contributed by atoms with E-state index in [1.165, 1.54) is 6.07 Å². The van der Waals surface area contributed by atoms with Crippen molar-refractivity contribution in [2.24, 2.45) is 5.73 Å². The number of carbonyl (C=O) groups excluding carboxylic acids is 1. The average Bonchev–Trinajstić information content (AvgIpc) is 3.07. The molecule has 6 heteroatoms. The number of hydrogen-bond donors (Lipinski definition) is 1. The second-order valence-electron chi connectivity index (χ2n) is 7.25. The fourth-order valence-electron chi connectivity index (χ4n) is 2.79. The van der Waals surface area contributed by atoms with Gasteiger partial charge in [-0.15, -0.1) is 0 Å². The van der Waals surface area contributed by atoms with E-state index in [2.05, 4.69) is 10.1 Å². The zero-order valence-corrected chi connectivity index (χ0v) is 15.2. The lowest BCUT2D eigenvalue weighted by Gasteiger charge is -2.22. The number of benzene rings is 1. The third kappa shape index (κ3) is 3.35. The first kappa shape index (κ1) is 17.8. The molecule has 2 aromatic heterocycles. The Morgan fingerprint density at radius 1 is 1.12 bits per heavy atom. The molecule has 0 atom stereocenters. The van der Waals surface area contributed by atoms with E-state index < -0.39 is 5.91 Å². The average molecular weight is 352 g/mol. The molecule has 0 saturated carbocycles. The number of primary amides is 1. The molecule has 2 heterocycles. The van der Waals surface area contributed by atoms with Gasteiger partial charge in [-0.25, -0.2) is 9.37 Å². The smallest absolute Gasteiger partial charge is 0.248 e. The largest absolute Gasteiger partial charge is 0.366 e. The van der Waals surface area contributed by atoms with E-state index in [1.54, 1.807) is 37.4 Å².